The summed E-state index contributed by atoms with van der Waals surface area (Å²) in [5.74, 6) is -0.00856. The Hall–Kier alpha value is -2.10. The van der Waals surface area contributed by atoms with Gasteiger partial charge in [-0.3, -0.25) is 9.78 Å². The number of aromatic nitrogens is 2. The van der Waals surface area contributed by atoms with Crippen molar-refractivity contribution in [2.75, 3.05) is 0 Å². The van der Waals surface area contributed by atoms with E-state index in [1.54, 1.807) is 6.20 Å². The molecule has 0 atom stereocenters. The molecule has 0 unspecified atom stereocenters. The fourth-order valence-electron chi connectivity index (χ4n) is 1.99. The summed E-state index contributed by atoms with van der Waals surface area (Å²) in [5.41, 5.74) is 2.52. The van der Waals surface area contributed by atoms with Crippen molar-refractivity contribution in [3.63, 3.8) is 0 Å². The van der Waals surface area contributed by atoms with Crippen molar-refractivity contribution in [1.82, 2.24) is 14.9 Å². The molecule has 18 heavy (non-hydrogen) atoms. The Bertz CT molecular complexity index is 584. The highest BCUT2D eigenvalue weighted by molar-refractivity contribution is 5.93. The van der Waals surface area contributed by atoms with E-state index >= 15 is 0 Å². The molecule has 1 aliphatic rings. The van der Waals surface area contributed by atoms with E-state index in [1.165, 1.54) is 0 Å². The minimum absolute atomic E-state index is 0.00856. The predicted octanol–water partition coefficient (Wildman–Crippen LogP) is 2.07. The van der Waals surface area contributed by atoms with Crippen LogP contribution in [0.25, 0.3) is 5.69 Å². The van der Waals surface area contributed by atoms with E-state index in [-0.39, 0.29) is 5.91 Å². The van der Waals surface area contributed by atoms with Gasteiger partial charge in [0.2, 0.25) is 0 Å². The van der Waals surface area contributed by atoms with E-state index in [0.29, 0.717) is 11.7 Å². The third kappa shape index (κ3) is 2.01. The van der Waals surface area contributed by atoms with Crippen LogP contribution in [0.1, 0.15) is 29.0 Å². The summed E-state index contributed by atoms with van der Waals surface area (Å²) in [7, 11) is 0. The molecular weight excluding hydrogens is 226 g/mol. The second kappa shape index (κ2) is 4.29. The molecule has 0 spiro atoms. The summed E-state index contributed by atoms with van der Waals surface area (Å²) in [4.78, 5) is 16.4. The topological polar surface area (TPSA) is 46.9 Å². The lowest BCUT2D eigenvalue weighted by molar-refractivity contribution is 0.0944. The van der Waals surface area contributed by atoms with Gasteiger partial charge in [0.25, 0.3) is 5.91 Å². The lowest BCUT2D eigenvalue weighted by atomic mass is 10.3. The summed E-state index contributed by atoms with van der Waals surface area (Å²) in [6.07, 6.45) is 5.84. The minimum Gasteiger partial charge on any atom is -0.348 e. The zero-order chi connectivity index (χ0) is 12.5. The molecule has 0 aromatic carbocycles. The van der Waals surface area contributed by atoms with Gasteiger partial charge < -0.3 is 9.88 Å². The second-order valence-electron chi connectivity index (χ2n) is 4.62. The van der Waals surface area contributed by atoms with Gasteiger partial charge in [-0.25, -0.2) is 0 Å². The first-order valence-electron chi connectivity index (χ1n) is 6.16. The Balaban J connectivity index is 1.95. The molecule has 1 amide bonds. The third-order valence-corrected chi connectivity index (χ3v) is 3.13. The number of hydrogen-bond donors (Lipinski definition) is 1. The molecule has 0 saturated heterocycles. The highest BCUT2D eigenvalue weighted by Gasteiger charge is 2.25. The van der Waals surface area contributed by atoms with Crippen molar-refractivity contribution in [3.8, 4) is 5.69 Å². The van der Waals surface area contributed by atoms with E-state index in [0.717, 1.165) is 24.2 Å². The first-order valence-corrected chi connectivity index (χ1v) is 6.16. The number of nitrogens with one attached hydrogen (secondary N) is 1. The monoisotopic (exact) mass is 241 g/mol. The van der Waals surface area contributed by atoms with Crippen molar-refractivity contribution < 1.29 is 4.79 Å². The van der Waals surface area contributed by atoms with Crippen molar-refractivity contribution >= 4 is 5.91 Å². The van der Waals surface area contributed by atoms with E-state index in [2.05, 4.69) is 10.3 Å². The lowest BCUT2D eigenvalue weighted by Crippen LogP contribution is -2.27. The van der Waals surface area contributed by atoms with Gasteiger partial charge in [0.1, 0.15) is 5.69 Å². The molecule has 1 N–H and O–H groups in total. The van der Waals surface area contributed by atoms with Crippen LogP contribution < -0.4 is 5.32 Å². The fourth-order valence-corrected chi connectivity index (χ4v) is 1.99. The number of amides is 1. The van der Waals surface area contributed by atoms with Crippen LogP contribution in [0.5, 0.6) is 0 Å². The normalized spacial score (nSPS) is 14.5. The average molecular weight is 241 g/mol. The summed E-state index contributed by atoms with van der Waals surface area (Å²) >= 11 is 0. The van der Waals surface area contributed by atoms with E-state index in [1.807, 2.05) is 42.0 Å². The molecule has 4 heteroatoms. The number of nitrogens with zero attached hydrogens (tertiary/aromatic N) is 2. The Morgan fingerprint density at radius 3 is 2.94 bits per heavy atom. The molecule has 0 bridgehead atoms. The highest BCUT2D eigenvalue weighted by Crippen LogP contribution is 2.20. The van der Waals surface area contributed by atoms with Gasteiger partial charge in [-0.1, -0.05) is 0 Å². The van der Waals surface area contributed by atoms with Gasteiger partial charge in [0.15, 0.2) is 0 Å². The SMILES string of the molecule is Cc1ncccc1-n1cccc1C(=O)NC1CC1. The maximum Gasteiger partial charge on any atom is 0.268 e. The molecule has 1 aliphatic carbocycles. The molecule has 1 saturated carbocycles. The number of carbonyl (C=O) groups is 1. The molecule has 0 aliphatic heterocycles. The molecule has 2 aromatic heterocycles. The number of carbonyl (C=O) groups excluding carboxylic acids is 1. The molecule has 2 heterocycles. The molecule has 2 aromatic rings. The Labute approximate surface area is 106 Å². The van der Waals surface area contributed by atoms with Gasteiger partial charge in [0, 0.05) is 18.4 Å². The number of rotatable bonds is 3. The largest absolute Gasteiger partial charge is 0.348 e. The average Bonchev–Trinajstić information content (AvgIpc) is 3.04. The van der Waals surface area contributed by atoms with Crippen LogP contribution in [0.3, 0.4) is 0 Å². The van der Waals surface area contributed by atoms with E-state index in [9.17, 15) is 4.79 Å². The maximum atomic E-state index is 12.1. The minimum atomic E-state index is -0.00856. The van der Waals surface area contributed by atoms with Crippen LogP contribution in [-0.4, -0.2) is 21.5 Å². The van der Waals surface area contributed by atoms with Crippen LogP contribution in [0.4, 0.5) is 0 Å². The van der Waals surface area contributed by atoms with Gasteiger partial charge in [-0.15, -0.1) is 0 Å². The number of pyridine rings is 1. The Morgan fingerprint density at radius 1 is 1.39 bits per heavy atom. The standard InChI is InChI=1S/C14H15N3O/c1-10-12(4-2-8-15-10)17-9-3-5-13(17)14(18)16-11-6-7-11/h2-5,8-9,11H,6-7H2,1H3,(H,16,18). The molecule has 0 radical (unpaired) electrons. The summed E-state index contributed by atoms with van der Waals surface area (Å²) in [5, 5.41) is 3.01. The van der Waals surface area contributed by atoms with Crippen molar-refractivity contribution in [2.45, 2.75) is 25.8 Å². The van der Waals surface area contributed by atoms with Gasteiger partial charge in [-0.2, -0.15) is 0 Å². The van der Waals surface area contributed by atoms with Crippen LogP contribution in [0, 0.1) is 6.92 Å². The van der Waals surface area contributed by atoms with Crippen molar-refractivity contribution in [1.29, 1.82) is 0 Å². The van der Waals surface area contributed by atoms with Gasteiger partial charge >= 0.3 is 0 Å². The van der Waals surface area contributed by atoms with Crippen LogP contribution in [0.15, 0.2) is 36.7 Å². The predicted molar refractivity (Wildman–Crippen MR) is 68.8 cm³/mol. The Morgan fingerprint density at radius 2 is 2.22 bits per heavy atom. The number of aryl methyl sites for hydroxylation is 1. The summed E-state index contributed by atoms with van der Waals surface area (Å²) < 4.78 is 1.89. The van der Waals surface area contributed by atoms with E-state index in [4.69, 9.17) is 0 Å². The molecule has 3 rings (SSSR count). The quantitative estimate of drug-likeness (QED) is 0.894. The van der Waals surface area contributed by atoms with Crippen LogP contribution in [0.2, 0.25) is 0 Å². The third-order valence-electron chi connectivity index (χ3n) is 3.13. The second-order valence-corrected chi connectivity index (χ2v) is 4.62. The first-order chi connectivity index (χ1) is 8.75. The van der Waals surface area contributed by atoms with Crippen LogP contribution in [-0.2, 0) is 0 Å². The van der Waals surface area contributed by atoms with Crippen molar-refractivity contribution in [3.05, 3.63) is 48.0 Å². The van der Waals surface area contributed by atoms with Crippen molar-refractivity contribution in [2.24, 2.45) is 0 Å². The zero-order valence-electron chi connectivity index (χ0n) is 10.3. The van der Waals surface area contributed by atoms with Crippen LogP contribution >= 0.6 is 0 Å². The number of hydrogen-bond acceptors (Lipinski definition) is 2. The zero-order valence-corrected chi connectivity index (χ0v) is 10.3. The molecule has 4 nitrogen and oxygen atoms in total. The molecule has 92 valence electrons. The smallest absolute Gasteiger partial charge is 0.268 e. The van der Waals surface area contributed by atoms with Gasteiger partial charge in [-0.05, 0) is 44.0 Å². The van der Waals surface area contributed by atoms with Gasteiger partial charge in [0.05, 0.1) is 11.4 Å². The highest BCUT2D eigenvalue weighted by atomic mass is 16.2. The fraction of sp³-hybridized carbons (Fsp3) is 0.286. The summed E-state index contributed by atoms with van der Waals surface area (Å²) in [6.45, 7) is 1.94. The molecule has 1 fully saturated rings. The Kier molecular flexibility index (Phi) is 2.63. The maximum absolute atomic E-state index is 12.1. The summed E-state index contributed by atoms with van der Waals surface area (Å²) in [6, 6.07) is 7.94. The first kappa shape index (κ1) is 11.0. The molecular formula is C14H15N3O. The lowest BCUT2D eigenvalue weighted by Gasteiger charge is -2.11. The van der Waals surface area contributed by atoms with E-state index < -0.39 is 0 Å².